The lowest BCUT2D eigenvalue weighted by atomic mass is 10.1. The highest BCUT2D eigenvalue weighted by Gasteiger charge is 2.21. The van der Waals surface area contributed by atoms with Crippen molar-refractivity contribution in [1.82, 2.24) is 9.88 Å². The standard InChI is InChI=1S/C24H29N3O3S.ClH/c1-18-15-21-22(16-19(18)2)31-24(25-21)27(10-6-9-26-11-13-29-14-12-26)23(28)17-30-20-7-4-3-5-8-20;/h3-5,7-8,15-16H,6,9-14,17H2,1-2H3;1H. The Morgan fingerprint density at radius 3 is 2.62 bits per heavy atom. The summed E-state index contributed by atoms with van der Waals surface area (Å²) in [4.78, 5) is 22.1. The molecule has 0 radical (unpaired) electrons. The molecule has 1 amide bonds. The van der Waals surface area contributed by atoms with Gasteiger partial charge in [0.25, 0.3) is 5.91 Å². The average molecular weight is 476 g/mol. The van der Waals surface area contributed by atoms with E-state index < -0.39 is 0 Å². The largest absolute Gasteiger partial charge is 0.484 e. The zero-order valence-corrected chi connectivity index (χ0v) is 20.2. The van der Waals surface area contributed by atoms with E-state index in [1.165, 1.54) is 11.1 Å². The molecule has 2 aromatic carbocycles. The highest BCUT2D eigenvalue weighted by molar-refractivity contribution is 7.22. The van der Waals surface area contributed by atoms with E-state index in [4.69, 9.17) is 14.5 Å². The molecule has 0 atom stereocenters. The number of para-hydroxylation sites is 1. The first-order valence-corrected chi connectivity index (χ1v) is 11.6. The summed E-state index contributed by atoms with van der Waals surface area (Å²) in [6, 6.07) is 13.7. The van der Waals surface area contributed by atoms with Gasteiger partial charge in [0.15, 0.2) is 11.7 Å². The van der Waals surface area contributed by atoms with Crippen molar-refractivity contribution in [2.24, 2.45) is 0 Å². The van der Waals surface area contributed by atoms with Gasteiger partial charge in [-0.05, 0) is 55.7 Å². The molecule has 32 heavy (non-hydrogen) atoms. The lowest BCUT2D eigenvalue weighted by Crippen LogP contribution is -2.40. The Bertz CT molecular complexity index is 983. The predicted molar refractivity (Wildman–Crippen MR) is 133 cm³/mol. The molecular formula is C24H30ClN3O3S. The number of benzene rings is 2. The normalized spacial score (nSPS) is 14.2. The second kappa shape index (κ2) is 11.6. The Kier molecular flexibility index (Phi) is 8.87. The van der Waals surface area contributed by atoms with Gasteiger partial charge in [0.05, 0.1) is 23.4 Å². The van der Waals surface area contributed by atoms with Crippen LogP contribution < -0.4 is 9.64 Å². The average Bonchev–Trinajstić information content (AvgIpc) is 3.19. The van der Waals surface area contributed by atoms with Crippen molar-refractivity contribution in [1.29, 1.82) is 0 Å². The maximum absolute atomic E-state index is 13.1. The maximum atomic E-state index is 13.1. The van der Waals surface area contributed by atoms with Crippen molar-refractivity contribution in [3.05, 3.63) is 53.6 Å². The summed E-state index contributed by atoms with van der Waals surface area (Å²) in [5.41, 5.74) is 3.39. The van der Waals surface area contributed by atoms with Crippen LogP contribution in [0.15, 0.2) is 42.5 Å². The monoisotopic (exact) mass is 475 g/mol. The number of amides is 1. The minimum atomic E-state index is -0.0710. The Labute approximate surface area is 199 Å². The van der Waals surface area contributed by atoms with E-state index in [0.29, 0.717) is 12.3 Å². The summed E-state index contributed by atoms with van der Waals surface area (Å²) in [5, 5.41) is 0.739. The summed E-state index contributed by atoms with van der Waals surface area (Å²) >= 11 is 1.57. The van der Waals surface area contributed by atoms with E-state index in [0.717, 1.165) is 54.6 Å². The molecule has 8 heteroatoms. The van der Waals surface area contributed by atoms with Gasteiger partial charge in [-0.1, -0.05) is 29.5 Å². The van der Waals surface area contributed by atoms with Crippen molar-refractivity contribution in [3.63, 3.8) is 0 Å². The van der Waals surface area contributed by atoms with Crippen LogP contribution in [0.3, 0.4) is 0 Å². The molecule has 2 heterocycles. The summed E-state index contributed by atoms with van der Waals surface area (Å²) < 4.78 is 12.3. The number of halogens is 1. The second-order valence-corrected chi connectivity index (χ2v) is 8.86. The topological polar surface area (TPSA) is 54.9 Å². The molecule has 0 aliphatic carbocycles. The number of aryl methyl sites for hydroxylation is 2. The number of rotatable bonds is 8. The van der Waals surface area contributed by atoms with Crippen LogP contribution in [0, 0.1) is 13.8 Å². The van der Waals surface area contributed by atoms with Gasteiger partial charge in [-0.25, -0.2) is 4.98 Å². The fourth-order valence-electron chi connectivity index (χ4n) is 3.63. The first-order valence-electron chi connectivity index (χ1n) is 10.8. The van der Waals surface area contributed by atoms with E-state index in [9.17, 15) is 4.79 Å². The molecule has 0 saturated carbocycles. The number of carbonyl (C=O) groups is 1. The number of fused-ring (bicyclic) bond motifs is 1. The fraction of sp³-hybridized carbons (Fsp3) is 0.417. The molecule has 1 aliphatic heterocycles. The molecule has 0 spiro atoms. The van der Waals surface area contributed by atoms with E-state index in [1.807, 2.05) is 30.3 Å². The molecule has 1 aromatic heterocycles. The quantitative estimate of drug-likeness (QED) is 0.481. The second-order valence-electron chi connectivity index (χ2n) is 7.86. The zero-order valence-electron chi connectivity index (χ0n) is 18.6. The van der Waals surface area contributed by atoms with Crippen LogP contribution in [-0.2, 0) is 9.53 Å². The van der Waals surface area contributed by atoms with Gasteiger partial charge < -0.3 is 9.47 Å². The number of carbonyl (C=O) groups excluding carboxylic acids is 1. The molecule has 1 fully saturated rings. The highest BCUT2D eigenvalue weighted by atomic mass is 35.5. The van der Waals surface area contributed by atoms with Gasteiger partial charge >= 0.3 is 0 Å². The molecule has 0 unspecified atom stereocenters. The van der Waals surface area contributed by atoms with Crippen molar-refractivity contribution in [2.45, 2.75) is 20.3 Å². The molecule has 172 valence electrons. The van der Waals surface area contributed by atoms with Crippen molar-refractivity contribution in [3.8, 4) is 5.75 Å². The Balaban J connectivity index is 0.00000289. The van der Waals surface area contributed by atoms with Gasteiger partial charge in [0, 0.05) is 26.2 Å². The molecule has 1 saturated heterocycles. The summed E-state index contributed by atoms with van der Waals surface area (Å²) in [6.45, 7) is 9.21. The number of ether oxygens (including phenoxy) is 2. The van der Waals surface area contributed by atoms with Crippen molar-refractivity contribution >= 4 is 45.0 Å². The molecular weight excluding hydrogens is 446 g/mol. The molecule has 3 aromatic rings. The third-order valence-corrected chi connectivity index (χ3v) is 6.63. The number of anilines is 1. The number of aromatic nitrogens is 1. The molecule has 0 bridgehead atoms. The third-order valence-electron chi connectivity index (χ3n) is 5.59. The lowest BCUT2D eigenvalue weighted by molar-refractivity contribution is -0.120. The Hall–Kier alpha value is -2.19. The van der Waals surface area contributed by atoms with E-state index in [-0.39, 0.29) is 24.9 Å². The van der Waals surface area contributed by atoms with E-state index in [2.05, 4.69) is 30.9 Å². The summed E-state index contributed by atoms with van der Waals surface area (Å²) in [5.74, 6) is 0.623. The van der Waals surface area contributed by atoms with Gasteiger partial charge in [-0.15, -0.1) is 12.4 Å². The first-order chi connectivity index (χ1) is 15.1. The van der Waals surface area contributed by atoms with Gasteiger partial charge in [-0.2, -0.15) is 0 Å². The third kappa shape index (κ3) is 6.19. The zero-order chi connectivity index (χ0) is 21.6. The summed E-state index contributed by atoms with van der Waals surface area (Å²) in [6.07, 6.45) is 0.880. The van der Waals surface area contributed by atoms with Crippen LogP contribution >= 0.6 is 23.7 Å². The fourth-order valence-corrected chi connectivity index (χ4v) is 4.72. The molecule has 1 aliphatic rings. The SMILES string of the molecule is Cc1cc2nc(N(CCCN3CCOCC3)C(=O)COc3ccccc3)sc2cc1C.Cl. The van der Waals surface area contributed by atoms with E-state index in [1.54, 1.807) is 16.2 Å². The van der Waals surface area contributed by atoms with E-state index >= 15 is 0 Å². The molecule has 4 rings (SSSR count). The number of hydrogen-bond acceptors (Lipinski definition) is 6. The predicted octanol–water partition coefficient (Wildman–Crippen LogP) is 4.47. The highest BCUT2D eigenvalue weighted by Crippen LogP contribution is 2.31. The van der Waals surface area contributed by atoms with Crippen LogP contribution in [0.2, 0.25) is 0 Å². The van der Waals surface area contributed by atoms with Crippen molar-refractivity contribution < 1.29 is 14.3 Å². The summed E-state index contributed by atoms with van der Waals surface area (Å²) in [7, 11) is 0. The van der Waals surface area contributed by atoms with Crippen LogP contribution in [0.5, 0.6) is 5.75 Å². The maximum Gasteiger partial charge on any atom is 0.266 e. The first kappa shape index (κ1) is 24.5. The minimum Gasteiger partial charge on any atom is -0.484 e. The van der Waals surface area contributed by atoms with Gasteiger partial charge in [0.2, 0.25) is 0 Å². The Morgan fingerprint density at radius 1 is 1.16 bits per heavy atom. The number of nitrogens with zero attached hydrogens (tertiary/aromatic N) is 3. The van der Waals surface area contributed by atoms with Crippen molar-refractivity contribution in [2.75, 3.05) is 50.9 Å². The smallest absolute Gasteiger partial charge is 0.266 e. The lowest BCUT2D eigenvalue weighted by Gasteiger charge is -2.27. The minimum absolute atomic E-state index is 0. The Morgan fingerprint density at radius 2 is 1.88 bits per heavy atom. The number of thiazole rings is 1. The van der Waals surface area contributed by atoms with Crippen LogP contribution in [0.1, 0.15) is 17.5 Å². The number of morpholine rings is 1. The molecule has 6 nitrogen and oxygen atoms in total. The van der Waals surface area contributed by atoms with Crippen LogP contribution in [0.4, 0.5) is 5.13 Å². The van der Waals surface area contributed by atoms with Crippen LogP contribution in [0.25, 0.3) is 10.2 Å². The van der Waals surface area contributed by atoms with Gasteiger partial charge in [0.1, 0.15) is 5.75 Å². The number of hydrogen-bond donors (Lipinski definition) is 0. The molecule has 0 N–H and O–H groups in total. The van der Waals surface area contributed by atoms with Crippen LogP contribution in [-0.4, -0.2) is 61.8 Å². The van der Waals surface area contributed by atoms with Gasteiger partial charge in [-0.3, -0.25) is 14.6 Å².